The number of nitrogens with two attached hydrogens (primary N) is 1. The molecule has 88 valence electrons. The minimum absolute atomic E-state index is 0.428. The predicted molar refractivity (Wildman–Crippen MR) is 47.7 cm³/mol. The molecule has 0 spiro atoms. The van der Waals surface area contributed by atoms with Gasteiger partial charge in [0.05, 0.1) is 17.0 Å². The van der Waals surface area contributed by atoms with Gasteiger partial charge >= 0.3 is 5.69 Å². The van der Waals surface area contributed by atoms with E-state index >= 15 is 0 Å². The van der Waals surface area contributed by atoms with Crippen LogP contribution in [0.3, 0.4) is 0 Å². The van der Waals surface area contributed by atoms with Crippen LogP contribution in [0.5, 0.6) is 5.75 Å². The lowest BCUT2D eigenvalue weighted by molar-refractivity contribution is -0.386. The van der Waals surface area contributed by atoms with Crippen molar-refractivity contribution < 1.29 is 23.2 Å². The highest BCUT2D eigenvalue weighted by Crippen LogP contribution is 2.35. The lowest BCUT2D eigenvalue weighted by atomic mass is 10.1. The van der Waals surface area contributed by atoms with Crippen molar-refractivity contribution in [1.82, 2.24) is 0 Å². The van der Waals surface area contributed by atoms with E-state index in [9.17, 15) is 28.4 Å². The van der Waals surface area contributed by atoms with E-state index in [0.717, 1.165) is 0 Å². The summed E-state index contributed by atoms with van der Waals surface area (Å²) in [6, 6.07) is -1.01. The molecule has 1 rings (SSSR count). The molecule has 0 unspecified atom stereocenters. The van der Waals surface area contributed by atoms with Crippen molar-refractivity contribution >= 4 is 5.69 Å². The number of nitrogens with zero attached hydrogens (tertiary/aromatic N) is 1. The van der Waals surface area contributed by atoms with Gasteiger partial charge in [-0.05, 0) is 6.07 Å². The van der Waals surface area contributed by atoms with Crippen molar-refractivity contribution in [2.24, 2.45) is 5.73 Å². The summed E-state index contributed by atoms with van der Waals surface area (Å²) in [6.45, 7) is 0. The van der Waals surface area contributed by atoms with Crippen LogP contribution < -0.4 is 5.73 Å². The molecule has 16 heavy (non-hydrogen) atoms. The van der Waals surface area contributed by atoms with Crippen LogP contribution in [-0.2, 0) is 0 Å². The number of benzene rings is 1. The van der Waals surface area contributed by atoms with Gasteiger partial charge in [-0.1, -0.05) is 0 Å². The summed E-state index contributed by atoms with van der Waals surface area (Å²) >= 11 is 0. The molecule has 0 aromatic heterocycles. The number of nitro groups is 1. The number of alkyl halides is 2. The summed E-state index contributed by atoms with van der Waals surface area (Å²) in [7, 11) is 0. The number of aromatic hydroxyl groups is 1. The second-order valence-electron chi connectivity index (χ2n) is 2.98. The number of hydrogen-bond donors (Lipinski definition) is 2. The maximum Gasteiger partial charge on any atom is 0.313 e. The molecule has 0 fully saturated rings. The Labute approximate surface area is 87.4 Å². The lowest BCUT2D eigenvalue weighted by Crippen LogP contribution is -2.19. The highest BCUT2D eigenvalue weighted by molar-refractivity contribution is 5.52. The first-order valence-electron chi connectivity index (χ1n) is 4.05. The molecule has 0 saturated carbocycles. The summed E-state index contributed by atoms with van der Waals surface area (Å²) < 4.78 is 37.3. The zero-order chi connectivity index (χ0) is 12.5. The van der Waals surface area contributed by atoms with Crippen molar-refractivity contribution in [2.75, 3.05) is 0 Å². The van der Waals surface area contributed by atoms with Crippen molar-refractivity contribution in [3.63, 3.8) is 0 Å². The zero-order valence-electron chi connectivity index (χ0n) is 7.73. The van der Waals surface area contributed by atoms with E-state index in [-0.39, 0.29) is 0 Å². The van der Waals surface area contributed by atoms with Gasteiger partial charge in [0.2, 0.25) is 0 Å². The first kappa shape index (κ1) is 12.2. The van der Waals surface area contributed by atoms with Crippen molar-refractivity contribution in [3.8, 4) is 5.75 Å². The Hall–Kier alpha value is -1.83. The van der Waals surface area contributed by atoms with Crippen molar-refractivity contribution in [2.45, 2.75) is 12.5 Å². The highest BCUT2D eigenvalue weighted by atomic mass is 19.3. The summed E-state index contributed by atoms with van der Waals surface area (Å²) in [5.41, 5.74) is 3.29. The zero-order valence-corrected chi connectivity index (χ0v) is 7.73. The van der Waals surface area contributed by atoms with Crippen LogP contribution >= 0.6 is 0 Å². The fourth-order valence-corrected chi connectivity index (χ4v) is 1.13. The average Bonchev–Trinajstić information content (AvgIpc) is 2.19. The standard InChI is InChI=1S/C8H7F3N2O3/c9-3-1-4(6(12)8(10)11)7(14)5(2-3)13(15)16/h1-2,6,8,14H,12H2/t6-/m1/s1. The van der Waals surface area contributed by atoms with Gasteiger partial charge in [-0.25, -0.2) is 13.2 Å². The molecule has 8 heteroatoms. The number of phenolic OH excluding ortho intramolecular Hbond substituents is 1. The van der Waals surface area contributed by atoms with Crippen LogP contribution in [0.1, 0.15) is 11.6 Å². The van der Waals surface area contributed by atoms with E-state index in [4.69, 9.17) is 5.73 Å². The largest absolute Gasteiger partial charge is 0.502 e. The Morgan fingerprint density at radius 3 is 2.44 bits per heavy atom. The van der Waals surface area contributed by atoms with Crippen LogP contribution in [0, 0.1) is 15.9 Å². The van der Waals surface area contributed by atoms with Crippen molar-refractivity contribution in [1.29, 1.82) is 0 Å². The molecule has 0 bridgehead atoms. The second kappa shape index (κ2) is 4.35. The first-order valence-corrected chi connectivity index (χ1v) is 4.05. The van der Waals surface area contributed by atoms with Gasteiger partial charge in [0.25, 0.3) is 6.43 Å². The fraction of sp³-hybridized carbons (Fsp3) is 0.250. The smallest absolute Gasteiger partial charge is 0.313 e. The van der Waals surface area contributed by atoms with E-state index in [0.29, 0.717) is 12.1 Å². The fourth-order valence-electron chi connectivity index (χ4n) is 1.13. The van der Waals surface area contributed by atoms with Crippen LogP contribution in [0.25, 0.3) is 0 Å². The van der Waals surface area contributed by atoms with E-state index in [1.165, 1.54) is 0 Å². The third kappa shape index (κ3) is 2.22. The number of hydrogen-bond acceptors (Lipinski definition) is 4. The van der Waals surface area contributed by atoms with Gasteiger partial charge in [0.1, 0.15) is 5.82 Å². The summed E-state index contributed by atoms with van der Waals surface area (Å²) in [5.74, 6) is -2.16. The predicted octanol–water partition coefficient (Wildman–Crippen LogP) is 1.70. The minimum Gasteiger partial charge on any atom is -0.502 e. The average molecular weight is 236 g/mol. The maximum absolute atomic E-state index is 12.9. The molecule has 1 aromatic carbocycles. The summed E-state index contributed by atoms with van der Waals surface area (Å²) in [4.78, 5) is 9.29. The van der Waals surface area contributed by atoms with Crippen LogP contribution in [-0.4, -0.2) is 16.5 Å². The normalized spacial score (nSPS) is 12.8. The van der Waals surface area contributed by atoms with Gasteiger partial charge in [0.15, 0.2) is 5.75 Å². The van der Waals surface area contributed by atoms with E-state index in [2.05, 4.69) is 0 Å². The van der Waals surface area contributed by atoms with E-state index in [1.807, 2.05) is 0 Å². The van der Waals surface area contributed by atoms with E-state index < -0.39 is 40.2 Å². The quantitative estimate of drug-likeness (QED) is 0.617. The van der Waals surface area contributed by atoms with E-state index in [1.54, 1.807) is 0 Å². The molecule has 0 aliphatic rings. The SMILES string of the molecule is N[C@H](c1cc(F)cc([N+](=O)[O-])c1O)C(F)F. The van der Waals surface area contributed by atoms with Crippen LogP contribution in [0.15, 0.2) is 12.1 Å². The molecule has 0 aliphatic heterocycles. The monoisotopic (exact) mass is 236 g/mol. The van der Waals surface area contributed by atoms with Crippen LogP contribution in [0.4, 0.5) is 18.9 Å². The molecular weight excluding hydrogens is 229 g/mol. The Morgan fingerprint density at radius 1 is 1.44 bits per heavy atom. The molecule has 0 heterocycles. The first-order chi connectivity index (χ1) is 7.34. The number of phenols is 1. The molecule has 0 amide bonds. The van der Waals surface area contributed by atoms with Gasteiger partial charge in [-0.15, -0.1) is 0 Å². The number of halogens is 3. The molecule has 0 radical (unpaired) electrons. The van der Waals surface area contributed by atoms with Crippen LogP contribution in [0.2, 0.25) is 0 Å². The molecular formula is C8H7F3N2O3. The highest BCUT2D eigenvalue weighted by Gasteiger charge is 2.27. The summed E-state index contributed by atoms with van der Waals surface area (Å²) in [6.07, 6.45) is -3.06. The van der Waals surface area contributed by atoms with Gasteiger partial charge in [0, 0.05) is 5.56 Å². The number of nitro benzene ring substituents is 1. The van der Waals surface area contributed by atoms with Gasteiger partial charge in [-0.2, -0.15) is 0 Å². The molecule has 0 aliphatic carbocycles. The Morgan fingerprint density at radius 2 is 2.00 bits per heavy atom. The Bertz CT molecular complexity index is 425. The third-order valence-electron chi connectivity index (χ3n) is 1.91. The molecule has 0 saturated heterocycles. The molecule has 1 aromatic rings. The molecule has 3 N–H and O–H groups in total. The van der Waals surface area contributed by atoms with Gasteiger partial charge < -0.3 is 10.8 Å². The topological polar surface area (TPSA) is 89.4 Å². The molecule has 5 nitrogen and oxygen atoms in total. The second-order valence-corrected chi connectivity index (χ2v) is 2.98. The number of rotatable bonds is 3. The van der Waals surface area contributed by atoms with Crippen molar-refractivity contribution in [3.05, 3.63) is 33.6 Å². The molecule has 1 atom stereocenters. The Balaban J connectivity index is 3.35. The third-order valence-corrected chi connectivity index (χ3v) is 1.91. The summed E-state index contributed by atoms with van der Waals surface area (Å²) in [5, 5.41) is 19.7. The Kier molecular flexibility index (Phi) is 3.33. The lowest BCUT2D eigenvalue weighted by Gasteiger charge is -2.12. The minimum atomic E-state index is -3.06. The maximum atomic E-state index is 12.9. The van der Waals surface area contributed by atoms with Gasteiger partial charge in [-0.3, -0.25) is 10.1 Å².